The van der Waals surface area contributed by atoms with Crippen molar-refractivity contribution in [3.63, 3.8) is 0 Å². The third-order valence-electron chi connectivity index (χ3n) is 1.58. The van der Waals surface area contributed by atoms with Crippen molar-refractivity contribution in [2.45, 2.75) is 13.0 Å². The van der Waals surface area contributed by atoms with Crippen LogP contribution in [-0.2, 0) is 9.78 Å². The third-order valence-corrected chi connectivity index (χ3v) is 1.58. The SMILES string of the molecule is COO[C@@H](C)c1ccc(F)cc1. The van der Waals surface area contributed by atoms with E-state index in [0.29, 0.717) is 0 Å². The molecule has 0 radical (unpaired) electrons. The molecule has 1 atom stereocenters. The van der Waals surface area contributed by atoms with Gasteiger partial charge in [0.25, 0.3) is 0 Å². The van der Waals surface area contributed by atoms with E-state index in [-0.39, 0.29) is 11.9 Å². The fourth-order valence-electron chi connectivity index (χ4n) is 0.934. The molecule has 0 saturated carbocycles. The van der Waals surface area contributed by atoms with Gasteiger partial charge in [0.1, 0.15) is 11.9 Å². The summed E-state index contributed by atoms with van der Waals surface area (Å²) >= 11 is 0. The van der Waals surface area contributed by atoms with Crippen molar-refractivity contribution < 1.29 is 14.2 Å². The highest BCUT2D eigenvalue weighted by molar-refractivity contribution is 5.17. The molecule has 1 aromatic carbocycles. The Labute approximate surface area is 70.8 Å². The Morgan fingerprint density at radius 1 is 1.25 bits per heavy atom. The van der Waals surface area contributed by atoms with Gasteiger partial charge in [0.2, 0.25) is 0 Å². The summed E-state index contributed by atoms with van der Waals surface area (Å²) < 4.78 is 12.5. The molecule has 0 fully saturated rings. The molecule has 0 bridgehead atoms. The average Bonchev–Trinajstić information content (AvgIpc) is 2.06. The van der Waals surface area contributed by atoms with E-state index in [9.17, 15) is 4.39 Å². The highest BCUT2D eigenvalue weighted by Crippen LogP contribution is 2.16. The van der Waals surface area contributed by atoms with Gasteiger partial charge < -0.3 is 0 Å². The first-order chi connectivity index (χ1) is 5.74. The first-order valence-corrected chi connectivity index (χ1v) is 3.69. The van der Waals surface area contributed by atoms with Crippen molar-refractivity contribution in [2.75, 3.05) is 7.11 Å². The Hall–Kier alpha value is -0.930. The molecule has 0 N–H and O–H groups in total. The largest absolute Gasteiger partial charge is 0.239 e. The van der Waals surface area contributed by atoms with Gasteiger partial charge in [-0.3, -0.25) is 0 Å². The fraction of sp³-hybridized carbons (Fsp3) is 0.333. The Kier molecular flexibility index (Phi) is 3.19. The van der Waals surface area contributed by atoms with E-state index in [2.05, 4.69) is 4.89 Å². The Balaban J connectivity index is 2.68. The molecule has 0 aliphatic rings. The molecule has 2 nitrogen and oxygen atoms in total. The van der Waals surface area contributed by atoms with Crippen LogP contribution in [-0.4, -0.2) is 7.11 Å². The molecular formula is C9H11FO2. The molecule has 0 heterocycles. The molecule has 0 amide bonds. The van der Waals surface area contributed by atoms with Gasteiger partial charge in [-0.05, 0) is 24.6 Å². The van der Waals surface area contributed by atoms with Crippen molar-refractivity contribution in [3.05, 3.63) is 35.6 Å². The summed E-state index contributed by atoms with van der Waals surface area (Å²) in [5.74, 6) is -0.247. The zero-order valence-corrected chi connectivity index (χ0v) is 7.08. The Morgan fingerprint density at radius 3 is 2.33 bits per heavy atom. The Bertz CT molecular complexity index is 233. The molecule has 0 unspecified atom stereocenters. The smallest absolute Gasteiger partial charge is 0.123 e. The number of hydrogen-bond acceptors (Lipinski definition) is 2. The van der Waals surface area contributed by atoms with E-state index >= 15 is 0 Å². The molecule has 1 aromatic rings. The summed E-state index contributed by atoms with van der Waals surface area (Å²) in [5, 5.41) is 0. The van der Waals surface area contributed by atoms with Gasteiger partial charge >= 0.3 is 0 Å². The topological polar surface area (TPSA) is 18.5 Å². The van der Waals surface area contributed by atoms with E-state index < -0.39 is 0 Å². The van der Waals surface area contributed by atoms with Crippen LogP contribution in [0.3, 0.4) is 0 Å². The van der Waals surface area contributed by atoms with Crippen LogP contribution in [0.25, 0.3) is 0 Å². The van der Waals surface area contributed by atoms with Crippen molar-refractivity contribution in [3.8, 4) is 0 Å². The van der Waals surface area contributed by atoms with Gasteiger partial charge in [0.15, 0.2) is 0 Å². The highest BCUT2D eigenvalue weighted by atomic mass is 19.1. The normalized spacial score (nSPS) is 12.9. The van der Waals surface area contributed by atoms with Crippen molar-refractivity contribution in [1.82, 2.24) is 0 Å². The quantitative estimate of drug-likeness (QED) is 0.512. The van der Waals surface area contributed by atoms with Crippen LogP contribution < -0.4 is 0 Å². The number of halogens is 1. The lowest BCUT2D eigenvalue weighted by atomic mass is 10.1. The molecule has 12 heavy (non-hydrogen) atoms. The Morgan fingerprint density at radius 2 is 1.83 bits per heavy atom. The molecule has 0 aromatic heterocycles. The van der Waals surface area contributed by atoms with Crippen molar-refractivity contribution >= 4 is 0 Å². The van der Waals surface area contributed by atoms with Crippen LogP contribution in [0.15, 0.2) is 24.3 Å². The van der Waals surface area contributed by atoms with Crippen LogP contribution in [0.2, 0.25) is 0 Å². The number of rotatable bonds is 3. The van der Waals surface area contributed by atoms with Crippen molar-refractivity contribution in [2.24, 2.45) is 0 Å². The maximum Gasteiger partial charge on any atom is 0.123 e. The standard InChI is InChI=1S/C9H11FO2/c1-7(12-11-2)8-3-5-9(10)6-4-8/h3-7H,1-2H3/t7-/m0/s1. The second-order valence-corrected chi connectivity index (χ2v) is 2.46. The zero-order chi connectivity index (χ0) is 8.97. The summed E-state index contributed by atoms with van der Waals surface area (Å²) in [6.45, 7) is 1.83. The first kappa shape index (κ1) is 9.16. The first-order valence-electron chi connectivity index (χ1n) is 3.69. The molecule has 0 saturated heterocycles. The minimum atomic E-state index is -0.247. The molecule has 0 aliphatic carbocycles. The van der Waals surface area contributed by atoms with Crippen LogP contribution >= 0.6 is 0 Å². The molecule has 1 rings (SSSR count). The van der Waals surface area contributed by atoms with Crippen LogP contribution in [0, 0.1) is 5.82 Å². The highest BCUT2D eigenvalue weighted by Gasteiger charge is 2.04. The second kappa shape index (κ2) is 4.18. The van der Waals surface area contributed by atoms with Gasteiger partial charge in [0.05, 0.1) is 7.11 Å². The zero-order valence-electron chi connectivity index (χ0n) is 7.08. The fourth-order valence-corrected chi connectivity index (χ4v) is 0.934. The number of hydrogen-bond donors (Lipinski definition) is 0. The van der Waals surface area contributed by atoms with E-state index in [1.807, 2.05) is 6.92 Å². The summed E-state index contributed by atoms with van der Waals surface area (Å²) in [6, 6.07) is 6.12. The number of benzene rings is 1. The predicted octanol–water partition coefficient (Wildman–Crippen LogP) is 2.46. The molecule has 3 heteroatoms. The molecule has 0 spiro atoms. The van der Waals surface area contributed by atoms with Crippen LogP contribution in [0.4, 0.5) is 4.39 Å². The third kappa shape index (κ3) is 2.29. The van der Waals surface area contributed by atoms with Gasteiger partial charge in [-0.25, -0.2) is 14.2 Å². The van der Waals surface area contributed by atoms with Crippen LogP contribution in [0.1, 0.15) is 18.6 Å². The molecule has 66 valence electrons. The van der Waals surface area contributed by atoms with E-state index in [1.165, 1.54) is 19.2 Å². The minimum absolute atomic E-state index is 0.171. The van der Waals surface area contributed by atoms with Crippen LogP contribution in [0.5, 0.6) is 0 Å². The lowest BCUT2D eigenvalue weighted by molar-refractivity contribution is -0.303. The van der Waals surface area contributed by atoms with E-state index in [4.69, 9.17) is 4.89 Å². The van der Waals surface area contributed by atoms with Gasteiger partial charge in [-0.2, -0.15) is 0 Å². The summed E-state index contributed by atoms with van der Waals surface area (Å²) in [7, 11) is 1.44. The molecular weight excluding hydrogens is 159 g/mol. The summed E-state index contributed by atoms with van der Waals surface area (Å²) in [5.41, 5.74) is 0.887. The lowest BCUT2D eigenvalue weighted by Crippen LogP contribution is -1.98. The second-order valence-electron chi connectivity index (χ2n) is 2.46. The van der Waals surface area contributed by atoms with Gasteiger partial charge in [0, 0.05) is 0 Å². The lowest BCUT2D eigenvalue weighted by Gasteiger charge is -2.09. The monoisotopic (exact) mass is 170 g/mol. The summed E-state index contributed by atoms with van der Waals surface area (Å²) in [6.07, 6.45) is -0.171. The predicted molar refractivity (Wildman–Crippen MR) is 42.9 cm³/mol. The maximum absolute atomic E-state index is 12.5. The van der Waals surface area contributed by atoms with Gasteiger partial charge in [-0.1, -0.05) is 12.1 Å². The maximum atomic E-state index is 12.5. The van der Waals surface area contributed by atoms with E-state index in [0.717, 1.165) is 5.56 Å². The average molecular weight is 170 g/mol. The van der Waals surface area contributed by atoms with Crippen molar-refractivity contribution in [1.29, 1.82) is 0 Å². The summed E-state index contributed by atoms with van der Waals surface area (Å²) in [4.78, 5) is 9.34. The van der Waals surface area contributed by atoms with E-state index in [1.54, 1.807) is 12.1 Å². The molecule has 0 aliphatic heterocycles. The van der Waals surface area contributed by atoms with Gasteiger partial charge in [-0.15, -0.1) is 0 Å². The minimum Gasteiger partial charge on any atom is -0.239 e.